The summed E-state index contributed by atoms with van der Waals surface area (Å²) in [7, 11) is 1.74. The molecule has 1 saturated heterocycles. The van der Waals surface area contributed by atoms with Gasteiger partial charge in [-0.2, -0.15) is 5.10 Å². The predicted octanol–water partition coefficient (Wildman–Crippen LogP) is 2.93. The van der Waals surface area contributed by atoms with Gasteiger partial charge < -0.3 is 4.90 Å². The van der Waals surface area contributed by atoms with Gasteiger partial charge in [-0.3, -0.25) is 14.4 Å². The molecule has 0 aliphatic carbocycles. The van der Waals surface area contributed by atoms with Gasteiger partial charge in [-0.1, -0.05) is 17.7 Å². The van der Waals surface area contributed by atoms with Crippen molar-refractivity contribution in [3.05, 3.63) is 51.0 Å². The molecule has 0 atom stereocenters. The van der Waals surface area contributed by atoms with Crippen molar-refractivity contribution in [3.63, 3.8) is 0 Å². The molecule has 0 bridgehead atoms. The lowest BCUT2D eigenvalue weighted by Crippen LogP contribution is -2.48. The third-order valence-electron chi connectivity index (χ3n) is 4.20. The highest BCUT2D eigenvalue weighted by Gasteiger charge is 2.26. The second-order valence-electron chi connectivity index (χ2n) is 5.73. The zero-order valence-corrected chi connectivity index (χ0v) is 15.5. The van der Waals surface area contributed by atoms with Crippen molar-refractivity contribution in [1.29, 1.82) is 0 Å². The zero-order valence-electron chi connectivity index (χ0n) is 13.2. The molecule has 0 N–H and O–H groups in total. The van der Waals surface area contributed by atoms with Crippen LogP contribution in [0, 0.1) is 5.82 Å². The van der Waals surface area contributed by atoms with E-state index in [1.54, 1.807) is 35.0 Å². The fraction of sp³-hybridized carbons (Fsp3) is 0.375. The predicted molar refractivity (Wildman–Crippen MR) is 93.5 cm³/mol. The Morgan fingerprint density at radius 3 is 2.62 bits per heavy atom. The maximum atomic E-state index is 13.9. The van der Waals surface area contributed by atoms with E-state index in [2.05, 4.69) is 25.9 Å². The van der Waals surface area contributed by atoms with Gasteiger partial charge in [0, 0.05) is 50.4 Å². The maximum absolute atomic E-state index is 13.9. The van der Waals surface area contributed by atoms with Crippen LogP contribution in [-0.2, 0) is 13.6 Å². The number of amides is 1. The largest absolute Gasteiger partial charge is 0.335 e. The summed E-state index contributed by atoms with van der Waals surface area (Å²) in [4.78, 5) is 16.5. The van der Waals surface area contributed by atoms with Crippen molar-refractivity contribution in [2.24, 2.45) is 7.05 Å². The molecule has 3 rings (SSSR count). The van der Waals surface area contributed by atoms with Gasteiger partial charge in [0.1, 0.15) is 11.5 Å². The van der Waals surface area contributed by atoms with E-state index in [4.69, 9.17) is 11.6 Å². The van der Waals surface area contributed by atoms with Gasteiger partial charge in [-0.25, -0.2) is 4.39 Å². The first-order valence-electron chi connectivity index (χ1n) is 7.59. The molecule has 0 unspecified atom stereocenters. The molecule has 128 valence electrons. The number of aromatic nitrogens is 2. The highest BCUT2D eigenvalue weighted by Crippen LogP contribution is 2.22. The van der Waals surface area contributed by atoms with E-state index in [0.29, 0.717) is 53.5 Å². The van der Waals surface area contributed by atoms with Crippen molar-refractivity contribution in [3.8, 4) is 0 Å². The van der Waals surface area contributed by atoms with Crippen molar-refractivity contribution in [2.75, 3.05) is 26.2 Å². The number of hydrogen-bond donors (Lipinski definition) is 0. The highest BCUT2D eigenvalue weighted by atomic mass is 79.9. The maximum Gasteiger partial charge on any atom is 0.273 e. The minimum Gasteiger partial charge on any atom is -0.335 e. The summed E-state index contributed by atoms with van der Waals surface area (Å²) < 4.78 is 16.2. The molecule has 0 radical (unpaired) electrons. The third kappa shape index (κ3) is 3.48. The lowest BCUT2D eigenvalue weighted by atomic mass is 10.1. The summed E-state index contributed by atoms with van der Waals surface area (Å²) in [5.41, 5.74) is 1.05. The summed E-state index contributed by atoms with van der Waals surface area (Å²) in [5, 5.41) is 4.52. The van der Waals surface area contributed by atoms with Crippen LogP contribution in [-0.4, -0.2) is 51.7 Å². The molecular formula is C16H17BrClFN4O. The van der Waals surface area contributed by atoms with E-state index in [1.165, 1.54) is 6.07 Å². The fourth-order valence-corrected chi connectivity index (χ4v) is 3.56. The minimum atomic E-state index is -0.292. The number of nitrogens with zero attached hydrogens (tertiary/aromatic N) is 4. The van der Waals surface area contributed by atoms with Gasteiger partial charge in [0.2, 0.25) is 0 Å². The molecule has 1 amide bonds. The number of carbonyl (C=O) groups excluding carboxylic acids is 1. The standard InChI is InChI=1S/C16H17BrClFN4O/c1-21-15(12(17)9-20-21)16(24)23-7-5-22(6-8-23)10-11-13(18)3-2-4-14(11)19/h2-4,9H,5-8,10H2,1H3. The van der Waals surface area contributed by atoms with Crippen LogP contribution in [0.3, 0.4) is 0 Å². The first kappa shape index (κ1) is 17.4. The molecule has 1 aliphatic heterocycles. The quantitative estimate of drug-likeness (QED) is 0.774. The van der Waals surface area contributed by atoms with E-state index in [9.17, 15) is 9.18 Å². The molecule has 2 aromatic rings. The SMILES string of the molecule is Cn1ncc(Br)c1C(=O)N1CCN(Cc2c(F)cccc2Cl)CC1. The van der Waals surface area contributed by atoms with E-state index in [1.807, 2.05) is 0 Å². The number of piperazine rings is 1. The second kappa shape index (κ2) is 7.21. The molecule has 1 fully saturated rings. The Bertz CT molecular complexity index is 719. The zero-order chi connectivity index (χ0) is 17.3. The molecule has 8 heteroatoms. The number of rotatable bonds is 3. The number of aryl methyl sites for hydroxylation is 1. The molecule has 0 spiro atoms. The average molecular weight is 416 g/mol. The Morgan fingerprint density at radius 1 is 1.33 bits per heavy atom. The van der Waals surface area contributed by atoms with Gasteiger partial charge >= 0.3 is 0 Å². The van der Waals surface area contributed by atoms with Crippen LogP contribution in [0.4, 0.5) is 4.39 Å². The molecule has 0 saturated carbocycles. The topological polar surface area (TPSA) is 41.4 Å². The van der Waals surface area contributed by atoms with Crippen LogP contribution >= 0.6 is 27.5 Å². The van der Waals surface area contributed by atoms with Crippen LogP contribution in [0.1, 0.15) is 16.1 Å². The van der Waals surface area contributed by atoms with E-state index >= 15 is 0 Å². The molecule has 1 aliphatic rings. The molecule has 5 nitrogen and oxygen atoms in total. The Kier molecular flexibility index (Phi) is 5.22. The minimum absolute atomic E-state index is 0.0505. The molecule has 24 heavy (non-hydrogen) atoms. The summed E-state index contributed by atoms with van der Waals surface area (Å²) >= 11 is 9.44. The normalized spacial score (nSPS) is 15.8. The van der Waals surface area contributed by atoms with Gasteiger partial charge in [-0.15, -0.1) is 0 Å². The number of halogens is 3. The van der Waals surface area contributed by atoms with Gasteiger partial charge in [-0.05, 0) is 28.1 Å². The Morgan fingerprint density at radius 2 is 2.04 bits per heavy atom. The molecule has 1 aromatic heterocycles. The van der Waals surface area contributed by atoms with Gasteiger partial charge in [0.15, 0.2) is 0 Å². The lowest BCUT2D eigenvalue weighted by molar-refractivity contribution is 0.0615. The summed E-state index contributed by atoms with van der Waals surface area (Å²) in [6.07, 6.45) is 1.61. The van der Waals surface area contributed by atoms with Crippen LogP contribution in [0.2, 0.25) is 5.02 Å². The lowest BCUT2D eigenvalue weighted by Gasteiger charge is -2.35. The van der Waals surface area contributed by atoms with Crippen molar-refractivity contribution in [2.45, 2.75) is 6.54 Å². The second-order valence-corrected chi connectivity index (χ2v) is 6.99. The van der Waals surface area contributed by atoms with Crippen molar-refractivity contribution < 1.29 is 9.18 Å². The third-order valence-corrected chi connectivity index (χ3v) is 5.13. The van der Waals surface area contributed by atoms with Crippen LogP contribution < -0.4 is 0 Å². The summed E-state index contributed by atoms with van der Waals surface area (Å²) in [5.74, 6) is -0.342. The Labute approximate surface area is 153 Å². The highest BCUT2D eigenvalue weighted by molar-refractivity contribution is 9.10. The molecule has 1 aromatic carbocycles. The summed E-state index contributed by atoms with van der Waals surface area (Å²) in [6.45, 7) is 2.96. The first-order chi connectivity index (χ1) is 11.5. The van der Waals surface area contributed by atoms with E-state index < -0.39 is 0 Å². The van der Waals surface area contributed by atoms with Crippen molar-refractivity contribution in [1.82, 2.24) is 19.6 Å². The number of benzene rings is 1. The van der Waals surface area contributed by atoms with Gasteiger partial charge in [0.25, 0.3) is 5.91 Å². The number of carbonyl (C=O) groups is 1. The molecule has 2 heterocycles. The van der Waals surface area contributed by atoms with Crippen molar-refractivity contribution >= 4 is 33.4 Å². The van der Waals surface area contributed by atoms with Gasteiger partial charge in [0.05, 0.1) is 10.7 Å². The Hall–Kier alpha value is -1.44. The van der Waals surface area contributed by atoms with E-state index in [0.717, 1.165) is 0 Å². The average Bonchev–Trinajstić information content (AvgIpc) is 2.90. The smallest absolute Gasteiger partial charge is 0.273 e. The Balaban J connectivity index is 1.63. The van der Waals surface area contributed by atoms with Crippen LogP contribution in [0.5, 0.6) is 0 Å². The summed E-state index contributed by atoms with van der Waals surface area (Å²) in [6, 6.07) is 4.71. The van der Waals surface area contributed by atoms with Crippen LogP contribution in [0.25, 0.3) is 0 Å². The monoisotopic (exact) mass is 414 g/mol. The fourth-order valence-electron chi connectivity index (χ4n) is 2.82. The number of hydrogen-bond acceptors (Lipinski definition) is 3. The first-order valence-corrected chi connectivity index (χ1v) is 8.76. The van der Waals surface area contributed by atoms with E-state index in [-0.39, 0.29) is 11.7 Å². The van der Waals surface area contributed by atoms with Crippen LogP contribution in [0.15, 0.2) is 28.9 Å². The molecular weight excluding hydrogens is 399 g/mol.